The molecular weight excluding hydrogens is 266 g/mol. The number of carbonyl (C=O) groups excluding carboxylic acids is 1. The lowest BCUT2D eigenvalue weighted by molar-refractivity contribution is 0.0268. The summed E-state index contributed by atoms with van der Waals surface area (Å²) in [5, 5.41) is 13.4. The number of anilines is 1. The summed E-state index contributed by atoms with van der Waals surface area (Å²) in [5.74, 6) is -0.0762. The molecule has 0 aromatic carbocycles. The smallest absolute Gasteiger partial charge is 0.257 e. The number of aliphatic hydroxyl groups excluding tert-OH is 1. The summed E-state index contributed by atoms with van der Waals surface area (Å²) in [6, 6.07) is 1.74. The SMILES string of the molecule is CCCNc1ccncc1C(=O)N(C)C1CCCCC1O. The largest absolute Gasteiger partial charge is 0.391 e. The van der Waals surface area contributed by atoms with Gasteiger partial charge in [-0.05, 0) is 25.3 Å². The van der Waals surface area contributed by atoms with Crippen LogP contribution >= 0.6 is 0 Å². The van der Waals surface area contributed by atoms with E-state index in [-0.39, 0.29) is 11.9 Å². The standard InChI is InChI=1S/C16H25N3O2/c1-3-9-18-13-8-10-17-11-12(13)16(21)19(2)14-6-4-5-7-15(14)20/h8,10-11,14-15,20H,3-7,9H2,1-2H3,(H,17,18). The summed E-state index contributed by atoms with van der Waals surface area (Å²) in [6.07, 6.45) is 7.60. The van der Waals surface area contributed by atoms with Gasteiger partial charge in [0.2, 0.25) is 0 Å². The molecule has 1 fully saturated rings. The predicted octanol–water partition coefficient (Wildman–Crippen LogP) is 2.28. The molecule has 2 atom stereocenters. The maximum atomic E-state index is 12.7. The van der Waals surface area contributed by atoms with Crippen LogP contribution in [0, 0.1) is 0 Å². The fraction of sp³-hybridized carbons (Fsp3) is 0.625. The lowest BCUT2D eigenvalue weighted by Gasteiger charge is -2.35. The van der Waals surface area contributed by atoms with E-state index in [4.69, 9.17) is 0 Å². The van der Waals surface area contributed by atoms with E-state index in [0.717, 1.165) is 44.3 Å². The van der Waals surface area contributed by atoms with Crippen molar-refractivity contribution >= 4 is 11.6 Å². The number of aromatic nitrogens is 1. The van der Waals surface area contributed by atoms with Gasteiger partial charge in [-0.25, -0.2) is 0 Å². The zero-order valence-corrected chi connectivity index (χ0v) is 12.9. The first kappa shape index (κ1) is 15.8. The summed E-state index contributed by atoms with van der Waals surface area (Å²) in [7, 11) is 1.78. The van der Waals surface area contributed by atoms with Gasteiger partial charge in [-0.3, -0.25) is 9.78 Å². The Hall–Kier alpha value is -1.62. The van der Waals surface area contributed by atoms with Crippen LogP contribution in [0.15, 0.2) is 18.5 Å². The molecule has 1 amide bonds. The van der Waals surface area contributed by atoms with Gasteiger partial charge in [0.05, 0.1) is 23.4 Å². The second-order valence-corrected chi connectivity index (χ2v) is 5.68. The highest BCUT2D eigenvalue weighted by molar-refractivity contribution is 5.99. The van der Waals surface area contributed by atoms with E-state index in [1.54, 1.807) is 24.3 Å². The van der Waals surface area contributed by atoms with Crippen molar-refractivity contribution in [1.82, 2.24) is 9.88 Å². The van der Waals surface area contributed by atoms with Crippen LogP contribution in [0.3, 0.4) is 0 Å². The van der Waals surface area contributed by atoms with Gasteiger partial charge in [0.1, 0.15) is 0 Å². The maximum Gasteiger partial charge on any atom is 0.257 e. The third-order valence-corrected chi connectivity index (χ3v) is 4.13. The molecule has 2 N–H and O–H groups in total. The Morgan fingerprint density at radius 3 is 2.95 bits per heavy atom. The zero-order chi connectivity index (χ0) is 15.2. The zero-order valence-electron chi connectivity index (χ0n) is 12.9. The average Bonchev–Trinajstić information content (AvgIpc) is 2.52. The van der Waals surface area contributed by atoms with Crippen LogP contribution in [-0.2, 0) is 0 Å². The van der Waals surface area contributed by atoms with Crippen molar-refractivity contribution in [3.8, 4) is 0 Å². The number of rotatable bonds is 5. The Bertz CT molecular complexity index is 478. The van der Waals surface area contributed by atoms with Crippen molar-refractivity contribution in [2.24, 2.45) is 0 Å². The molecule has 0 radical (unpaired) electrons. The van der Waals surface area contributed by atoms with Crippen LogP contribution in [0.4, 0.5) is 5.69 Å². The number of pyridine rings is 1. The van der Waals surface area contributed by atoms with E-state index in [1.807, 2.05) is 6.07 Å². The van der Waals surface area contributed by atoms with Crippen molar-refractivity contribution < 1.29 is 9.90 Å². The molecule has 116 valence electrons. The maximum absolute atomic E-state index is 12.7. The highest BCUT2D eigenvalue weighted by atomic mass is 16.3. The van der Waals surface area contributed by atoms with Crippen molar-refractivity contribution in [2.45, 2.75) is 51.2 Å². The average molecular weight is 291 g/mol. The molecule has 1 saturated carbocycles. The summed E-state index contributed by atoms with van der Waals surface area (Å²) in [6.45, 7) is 2.90. The molecule has 1 aliphatic carbocycles. The van der Waals surface area contributed by atoms with E-state index in [9.17, 15) is 9.90 Å². The van der Waals surface area contributed by atoms with Crippen LogP contribution in [0.2, 0.25) is 0 Å². The number of hydrogen-bond acceptors (Lipinski definition) is 4. The van der Waals surface area contributed by atoms with Gasteiger partial charge in [-0.2, -0.15) is 0 Å². The molecule has 21 heavy (non-hydrogen) atoms. The Morgan fingerprint density at radius 2 is 2.24 bits per heavy atom. The lowest BCUT2D eigenvalue weighted by atomic mass is 9.91. The Morgan fingerprint density at radius 1 is 1.48 bits per heavy atom. The van der Waals surface area contributed by atoms with Crippen LogP contribution in [0.25, 0.3) is 0 Å². The third-order valence-electron chi connectivity index (χ3n) is 4.13. The molecule has 1 aromatic rings. The Labute approximate surface area is 126 Å². The van der Waals surface area contributed by atoms with Gasteiger partial charge >= 0.3 is 0 Å². The van der Waals surface area contributed by atoms with E-state index < -0.39 is 6.10 Å². The first-order chi connectivity index (χ1) is 10.1. The van der Waals surface area contributed by atoms with Crippen LogP contribution in [0.5, 0.6) is 0 Å². The minimum absolute atomic E-state index is 0.0762. The summed E-state index contributed by atoms with van der Waals surface area (Å²) in [4.78, 5) is 18.5. The molecule has 0 bridgehead atoms. The lowest BCUT2D eigenvalue weighted by Crippen LogP contribution is -2.46. The molecule has 0 aliphatic heterocycles. The van der Waals surface area contributed by atoms with Gasteiger partial charge in [0.25, 0.3) is 5.91 Å². The minimum Gasteiger partial charge on any atom is -0.391 e. The third kappa shape index (κ3) is 3.73. The number of nitrogens with zero attached hydrogens (tertiary/aromatic N) is 2. The number of hydrogen-bond donors (Lipinski definition) is 2. The summed E-state index contributed by atoms with van der Waals surface area (Å²) < 4.78 is 0. The fourth-order valence-electron chi connectivity index (χ4n) is 2.86. The number of likely N-dealkylation sites (N-methyl/N-ethyl adjacent to an activating group) is 1. The van der Waals surface area contributed by atoms with Crippen molar-refractivity contribution in [1.29, 1.82) is 0 Å². The van der Waals surface area contributed by atoms with E-state index in [1.165, 1.54) is 0 Å². The Balaban J connectivity index is 2.15. The van der Waals surface area contributed by atoms with E-state index >= 15 is 0 Å². The van der Waals surface area contributed by atoms with Crippen LogP contribution in [0.1, 0.15) is 49.4 Å². The monoisotopic (exact) mass is 291 g/mol. The quantitative estimate of drug-likeness (QED) is 0.873. The molecule has 2 rings (SSSR count). The first-order valence-electron chi connectivity index (χ1n) is 7.78. The van der Waals surface area contributed by atoms with Crippen LogP contribution in [-0.4, -0.2) is 46.6 Å². The van der Waals surface area contributed by atoms with Crippen molar-refractivity contribution in [3.05, 3.63) is 24.0 Å². The number of nitrogens with one attached hydrogen (secondary N) is 1. The van der Waals surface area contributed by atoms with Gasteiger partial charge in [-0.1, -0.05) is 19.8 Å². The van der Waals surface area contributed by atoms with Gasteiger partial charge in [0, 0.05) is 26.0 Å². The van der Waals surface area contributed by atoms with E-state index in [0.29, 0.717) is 5.56 Å². The van der Waals surface area contributed by atoms with Gasteiger partial charge in [0.15, 0.2) is 0 Å². The molecule has 2 unspecified atom stereocenters. The second-order valence-electron chi connectivity index (χ2n) is 5.68. The molecule has 1 aromatic heterocycles. The normalized spacial score (nSPS) is 21.9. The first-order valence-corrected chi connectivity index (χ1v) is 7.78. The molecule has 5 heteroatoms. The predicted molar refractivity (Wildman–Crippen MR) is 83.4 cm³/mol. The molecule has 0 spiro atoms. The highest BCUT2D eigenvalue weighted by Gasteiger charge is 2.30. The molecule has 0 saturated heterocycles. The highest BCUT2D eigenvalue weighted by Crippen LogP contribution is 2.25. The molecular formula is C16H25N3O2. The van der Waals surface area contributed by atoms with Gasteiger partial charge < -0.3 is 15.3 Å². The Kier molecular flexibility index (Phi) is 5.56. The number of carbonyl (C=O) groups is 1. The fourth-order valence-corrected chi connectivity index (χ4v) is 2.86. The molecule has 1 heterocycles. The number of aliphatic hydroxyl groups is 1. The summed E-state index contributed by atoms with van der Waals surface area (Å²) >= 11 is 0. The summed E-state index contributed by atoms with van der Waals surface area (Å²) in [5.41, 5.74) is 1.39. The second kappa shape index (κ2) is 7.41. The van der Waals surface area contributed by atoms with E-state index in [2.05, 4.69) is 17.2 Å². The van der Waals surface area contributed by atoms with Gasteiger partial charge in [-0.15, -0.1) is 0 Å². The topological polar surface area (TPSA) is 65.5 Å². The molecule has 1 aliphatic rings. The minimum atomic E-state index is -0.420. The van der Waals surface area contributed by atoms with Crippen molar-refractivity contribution in [2.75, 3.05) is 18.9 Å². The van der Waals surface area contributed by atoms with Crippen molar-refractivity contribution in [3.63, 3.8) is 0 Å². The van der Waals surface area contributed by atoms with Crippen LogP contribution < -0.4 is 5.32 Å². The number of amides is 1. The molecule has 5 nitrogen and oxygen atoms in total.